The summed E-state index contributed by atoms with van der Waals surface area (Å²) in [6.07, 6.45) is 2.66. The van der Waals surface area contributed by atoms with E-state index in [4.69, 9.17) is 14.9 Å². The highest BCUT2D eigenvalue weighted by Crippen LogP contribution is 2.75. The van der Waals surface area contributed by atoms with Gasteiger partial charge in [0, 0.05) is 7.05 Å². The van der Waals surface area contributed by atoms with E-state index in [1.165, 1.54) is 10.1 Å². The number of benzene rings is 1. The molecule has 2 aromatic rings. The molecule has 5 rings (SSSR count). The molecule has 0 aliphatic heterocycles. The molecule has 0 spiro atoms. The highest BCUT2D eigenvalue weighted by atomic mass is 16.6. The van der Waals surface area contributed by atoms with E-state index in [0.29, 0.717) is 12.0 Å². The number of carbonyl (C=O) groups is 2. The van der Waals surface area contributed by atoms with E-state index in [1.54, 1.807) is 27.8 Å². The van der Waals surface area contributed by atoms with Crippen LogP contribution in [0.4, 0.5) is 4.79 Å². The van der Waals surface area contributed by atoms with Crippen molar-refractivity contribution in [1.82, 2.24) is 9.88 Å². The largest absolute Gasteiger partial charge is 0.444 e. The number of aryl methyl sites for hydroxylation is 1. The molecule has 1 aromatic heterocycles. The van der Waals surface area contributed by atoms with E-state index in [9.17, 15) is 14.4 Å². The standard InChI is InChI=1S/C21H27N3O5/c1-19(2,3)29-17(26)23-13(16(22)25)8-20-9-21(10-20,11-20)12-5-6-15-14(7-12)24(4)18(27)28-15/h5-7,13H,8-11H2,1-4H3,(H2,22,25)(H,23,26). The minimum Gasteiger partial charge on any atom is -0.444 e. The third-order valence-corrected chi connectivity index (χ3v) is 6.22. The average molecular weight is 401 g/mol. The molecule has 1 heterocycles. The molecule has 2 bridgehead atoms. The number of nitrogens with zero attached hydrogens (tertiary/aromatic N) is 1. The van der Waals surface area contributed by atoms with Crippen LogP contribution in [0, 0.1) is 5.41 Å². The Labute approximate surface area is 168 Å². The lowest BCUT2D eigenvalue weighted by atomic mass is 9.32. The number of nitrogens with two attached hydrogens (primary N) is 1. The number of ether oxygens (including phenoxy) is 1. The van der Waals surface area contributed by atoms with Gasteiger partial charge in [0.15, 0.2) is 5.58 Å². The molecule has 3 aliphatic rings. The van der Waals surface area contributed by atoms with Crippen molar-refractivity contribution < 1.29 is 18.7 Å². The van der Waals surface area contributed by atoms with Gasteiger partial charge in [-0.15, -0.1) is 0 Å². The number of rotatable bonds is 5. The molecule has 3 aliphatic carbocycles. The first-order valence-electron chi connectivity index (χ1n) is 9.81. The zero-order valence-electron chi connectivity index (χ0n) is 17.2. The number of aromatic nitrogens is 1. The van der Waals surface area contributed by atoms with Crippen molar-refractivity contribution >= 4 is 23.1 Å². The molecule has 156 valence electrons. The number of hydrogen-bond acceptors (Lipinski definition) is 5. The van der Waals surface area contributed by atoms with Gasteiger partial charge in [0.2, 0.25) is 5.91 Å². The molecule has 3 N–H and O–H groups in total. The summed E-state index contributed by atoms with van der Waals surface area (Å²) in [7, 11) is 1.70. The summed E-state index contributed by atoms with van der Waals surface area (Å²) in [5.41, 5.74) is 7.50. The summed E-state index contributed by atoms with van der Waals surface area (Å²) in [5, 5.41) is 2.62. The molecular formula is C21H27N3O5. The Hall–Kier alpha value is -2.77. The lowest BCUT2D eigenvalue weighted by molar-refractivity contribution is -0.155. The summed E-state index contributed by atoms with van der Waals surface area (Å²) in [6, 6.07) is 5.13. The second-order valence-corrected chi connectivity index (χ2v) is 9.73. The van der Waals surface area contributed by atoms with Crippen molar-refractivity contribution in [3.05, 3.63) is 34.3 Å². The smallest absolute Gasteiger partial charge is 0.419 e. The molecule has 0 saturated heterocycles. The SMILES string of the molecule is Cn1c(=O)oc2ccc(C34CC(CC(NC(=O)OC(C)(C)C)C(N)=O)(C3)C4)cc21. The van der Waals surface area contributed by atoms with Gasteiger partial charge in [-0.3, -0.25) is 9.36 Å². The molecule has 29 heavy (non-hydrogen) atoms. The Bertz CT molecular complexity index is 1040. The predicted molar refractivity (Wildman–Crippen MR) is 106 cm³/mol. The molecule has 1 atom stereocenters. The lowest BCUT2D eigenvalue weighted by Gasteiger charge is -2.72. The van der Waals surface area contributed by atoms with Crippen LogP contribution in [0.25, 0.3) is 11.1 Å². The number of alkyl carbamates (subject to hydrolysis) is 1. The molecule has 3 saturated carbocycles. The van der Waals surface area contributed by atoms with Crippen LogP contribution in [0.5, 0.6) is 0 Å². The van der Waals surface area contributed by atoms with E-state index in [2.05, 4.69) is 5.32 Å². The molecule has 3 fully saturated rings. The predicted octanol–water partition coefficient (Wildman–Crippen LogP) is 2.32. The van der Waals surface area contributed by atoms with Crippen molar-refractivity contribution in [1.29, 1.82) is 0 Å². The number of hydrogen-bond donors (Lipinski definition) is 2. The second-order valence-electron chi connectivity index (χ2n) is 9.73. The van der Waals surface area contributed by atoms with Crippen LogP contribution < -0.4 is 16.8 Å². The second kappa shape index (κ2) is 6.11. The zero-order valence-corrected chi connectivity index (χ0v) is 17.2. The Balaban J connectivity index is 1.43. The Morgan fingerprint density at radius 3 is 2.55 bits per heavy atom. The van der Waals surface area contributed by atoms with Crippen LogP contribution in [-0.2, 0) is 22.0 Å². The monoisotopic (exact) mass is 401 g/mol. The number of nitrogens with one attached hydrogen (secondary N) is 1. The highest BCUT2D eigenvalue weighted by Gasteiger charge is 2.68. The van der Waals surface area contributed by atoms with Crippen molar-refractivity contribution in [2.75, 3.05) is 0 Å². The number of amides is 2. The Morgan fingerprint density at radius 1 is 1.31 bits per heavy atom. The van der Waals surface area contributed by atoms with E-state index < -0.39 is 23.6 Å². The average Bonchev–Trinajstić information content (AvgIpc) is 2.80. The summed E-state index contributed by atoms with van der Waals surface area (Å²) in [4.78, 5) is 35.6. The van der Waals surface area contributed by atoms with Gasteiger partial charge in [-0.25, -0.2) is 9.59 Å². The Morgan fingerprint density at radius 2 is 1.97 bits per heavy atom. The van der Waals surface area contributed by atoms with Gasteiger partial charge in [0.1, 0.15) is 11.6 Å². The molecule has 8 heteroatoms. The third-order valence-electron chi connectivity index (χ3n) is 6.22. The fourth-order valence-electron chi connectivity index (χ4n) is 5.08. The number of oxazole rings is 1. The zero-order chi connectivity index (χ0) is 21.2. The van der Waals surface area contributed by atoms with Gasteiger partial charge in [0.05, 0.1) is 5.52 Å². The maximum atomic E-state index is 12.0. The fourth-order valence-corrected chi connectivity index (χ4v) is 5.08. The summed E-state index contributed by atoms with van der Waals surface area (Å²) >= 11 is 0. The van der Waals surface area contributed by atoms with Crippen LogP contribution in [-0.4, -0.2) is 28.2 Å². The van der Waals surface area contributed by atoms with E-state index in [0.717, 1.165) is 24.8 Å². The third kappa shape index (κ3) is 3.30. The first-order chi connectivity index (χ1) is 13.4. The van der Waals surface area contributed by atoms with Crippen LogP contribution >= 0.6 is 0 Å². The molecular weight excluding hydrogens is 374 g/mol. The summed E-state index contributed by atoms with van der Waals surface area (Å²) < 4.78 is 12.0. The highest BCUT2D eigenvalue weighted by molar-refractivity contribution is 5.84. The van der Waals surface area contributed by atoms with Crippen LogP contribution in [0.3, 0.4) is 0 Å². The fraction of sp³-hybridized carbons (Fsp3) is 0.571. The van der Waals surface area contributed by atoms with Crippen LogP contribution in [0.2, 0.25) is 0 Å². The first-order valence-corrected chi connectivity index (χ1v) is 9.81. The van der Waals surface area contributed by atoms with Crippen LogP contribution in [0.1, 0.15) is 52.0 Å². The van der Waals surface area contributed by atoms with Gasteiger partial charge in [-0.1, -0.05) is 6.07 Å². The van der Waals surface area contributed by atoms with Gasteiger partial charge < -0.3 is 20.2 Å². The summed E-state index contributed by atoms with van der Waals surface area (Å²) in [6.45, 7) is 5.30. The van der Waals surface area contributed by atoms with Crippen molar-refractivity contribution in [2.24, 2.45) is 18.2 Å². The van der Waals surface area contributed by atoms with Crippen molar-refractivity contribution in [3.8, 4) is 0 Å². The van der Waals surface area contributed by atoms with E-state index in [1.807, 2.05) is 18.2 Å². The minimum atomic E-state index is -0.750. The van der Waals surface area contributed by atoms with Gasteiger partial charge >= 0.3 is 11.8 Å². The quantitative estimate of drug-likeness (QED) is 0.797. The van der Waals surface area contributed by atoms with E-state index >= 15 is 0 Å². The van der Waals surface area contributed by atoms with Gasteiger partial charge in [-0.05, 0) is 75.0 Å². The minimum absolute atomic E-state index is 0.00590. The number of fused-ring (bicyclic) bond motifs is 1. The number of carbonyl (C=O) groups excluding carboxylic acids is 2. The van der Waals surface area contributed by atoms with Gasteiger partial charge in [0.25, 0.3) is 0 Å². The lowest BCUT2D eigenvalue weighted by Crippen LogP contribution is -2.66. The van der Waals surface area contributed by atoms with Crippen LogP contribution in [0.15, 0.2) is 27.4 Å². The molecule has 1 unspecified atom stereocenters. The first kappa shape index (κ1) is 19.5. The normalized spacial score (nSPS) is 26.3. The Kier molecular flexibility index (Phi) is 4.12. The molecule has 8 nitrogen and oxygen atoms in total. The van der Waals surface area contributed by atoms with Gasteiger partial charge in [-0.2, -0.15) is 0 Å². The topological polar surface area (TPSA) is 117 Å². The number of primary amides is 1. The summed E-state index contributed by atoms with van der Waals surface area (Å²) in [5.74, 6) is -0.923. The maximum Gasteiger partial charge on any atom is 0.419 e. The van der Waals surface area contributed by atoms with Crippen molar-refractivity contribution in [2.45, 2.75) is 63.5 Å². The maximum absolute atomic E-state index is 12.0. The molecule has 0 radical (unpaired) electrons. The van der Waals surface area contributed by atoms with E-state index in [-0.39, 0.29) is 16.6 Å². The molecule has 1 aromatic carbocycles. The molecule has 2 amide bonds. The van der Waals surface area contributed by atoms with Crippen molar-refractivity contribution in [3.63, 3.8) is 0 Å².